The molecule has 1 N–H and O–H groups in total. The highest BCUT2D eigenvalue weighted by Crippen LogP contribution is 2.49. The number of unbranched alkanes of at least 4 members (excludes halogenated alkanes) is 1. The lowest BCUT2D eigenvalue weighted by atomic mass is 9.99. The smallest absolute Gasteiger partial charge is 0.333 e. The second-order valence-corrected chi connectivity index (χ2v) is 12.0. The number of esters is 1. The summed E-state index contributed by atoms with van der Waals surface area (Å²) in [7, 11) is 3.87. The van der Waals surface area contributed by atoms with E-state index in [1.165, 1.54) is 24.0 Å². The number of rotatable bonds is 6. The van der Waals surface area contributed by atoms with E-state index in [1.54, 1.807) is 0 Å². The fourth-order valence-electron chi connectivity index (χ4n) is 4.50. The Morgan fingerprint density at radius 3 is 2.56 bits per heavy atom. The number of nitrogens with one attached hydrogen (secondary N) is 1. The van der Waals surface area contributed by atoms with Crippen molar-refractivity contribution < 1.29 is 19.1 Å². The molecule has 1 fully saturated rings. The second kappa shape index (κ2) is 10.9. The Kier molecular flexibility index (Phi) is 7.88. The summed E-state index contributed by atoms with van der Waals surface area (Å²) in [5.74, 6) is 0.529. The van der Waals surface area contributed by atoms with Crippen LogP contribution in [0.3, 0.4) is 0 Å². The Hall–Kier alpha value is -2.45. The van der Waals surface area contributed by atoms with Crippen molar-refractivity contribution in [2.45, 2.75) is 63.2 Å². The van der Waals surface area contributed by atoms with E-state index in [1.807, 2.05) is 70.1 Å². The van der Waals surface area contributed by atoms with Crippen LogP contribution in [0.15, 0.2) is 48.5 Å². The van der Waals surface area contributed by atoms with E-state index in [9.17, 15) is 14.4 Å². The number of benzene rings is 2. The average molecular weight is 499 g/mol. The number of ether oxygens (including phenoxy) is 1. The zero-order valence-electron chi connectivity index (χ0n) is 19.5. The molecular weight excluding hydrogens is 468 g/mol. The van der Waals surface area contributed by atoms with Crippen molar-refractivity contribution in [2.24, 2.45) is 0 Å². The maximum atomic E-state index is 13.4. The summed E-state index contributed by atoms with van der Waals surface area (Å²) in [6.07, 6.45) is 4.24. The molecule has 2 aromatic rings. The molecular formula is C26H30N2O4S2. The molecule has 0 aliphatic carbocycles. The first kappa shape index (κ1) is 24.7. The number of anilines is 2. The molecule has 0 unspecified atom stereocenters. The molecule has 4 rings (SSSR count). The molecule has 0 bridgehead atoms. The van der Waals surface area contributed by atoms with Gasteiger partial charge in [-0.25, -0.2) is 4.79 Å². The molecule has 8 heteroatoms. The van der Waals surface area contributed by atoms with Crippen molar-refractivity contribution in [1.29, 1.82) is 0 Å². The van der Waals surface area contributed by atoms with E-state index in [2.05, 4.69) is 12.2 Å². The van der Waals surface area contributed by atoms with Crippen LogP contribution < -0.4 is 10.2 Å². The zero-order chi connectivity index (χ0) is 24.1. The number of hydrogen-bond acceptors (Lipinski definition) is 6. The highest BCUT2D eigenvalue weighted by Gasteiger charge is 2.32. The van der Waals surface area contributed by atoms with Crippen molar-refractivity contribution in [1.82, 2.24) is 5.32 Å². The molecule has 2 aliphatic rings. The van der Waals surface area contributed by atoms with Crippen LogP contribution in [-0.4, -0.2) is 28.4 Å². The van der Waals surface area contributed by atoms with Crippen molar-refractivity contribution in [3.8, 4) is 0 Å². The first-order valence-electron chi connectivity index (χ1n) is 11.6. The van der Waals surface area contributed by atoms with Crippen molar-refractivity contribution in [2.75, 3.05) is 10.7 Å². The van der Waals surface area contributed by atoms with Crippen LogP contribution in [0.25, 0.3) is 0 Å². The molecule has 2 aliphatic heterocycles. The van der Waals surface area contributed by atoms with Gasteiger partial charge in [0.15, 0.2) is 0 Å². The van der Waals surface area contributed by atoms with Gasteiger partial charge in [0, 0.05) is 35.8 Å². The minimum atomic E-state index is -0.517. The van der Waals surface area contributed by atoms with E-state index in [0.29, 0.717) is 29.0 Å². The van der Waals surface area contributed by atoms with E-state index >= 15 is 0 Å². The fraction of sp³-hybridized carbons (Fsp3) is 0.423. The van der Waals surface area contributed by atoms with Gasteiger partial charge in [-0.3, -0.25) is 19.8 Å². The van der Waals surface area contributed by atoms with Crippen LogP contribution >= 0.6 is 21.6 Å². The second-order valence-electron chi connectivity index (χ2n) is 8.99. The van der Waals surface area contributed by atoms with Gasteiger partial charge in [-0.05, 0) is 43.9 Å². The number of hydrogen-bond donors (Lipinski definition) is 1. The number of carbonyl (C=O) groups is 3. The summed E-state index contributed by atoms with van der Waals surface area (Å²) in [6, 6.07) is 14.4. The Labute approximate surface area is 208 Å². The van der Waals surface area contributed by atoms with E-state index in [-0.39, 0.29) is 11.9 Å². The summed E-state index contributed by atoms with van der Waals surface area (Å²) < 4.78 is 5.91. The lowest BCUT2D eigenvalue weighted by Gasteiger charge is -2.25. The van der Waals surface area contributed by atoms with Gasteiger partial charge >= 0.3 is 12.0 Å². The van der Waals surface area contributed by atoms with Crippen LogP contribution in [0.5, 0.6) is 0 Å². The SMILES string of the molecule is CC(=O)O[C@H]1Cc2ccccc2N(C(=O)NC(=O)CCCC[C@]2(C)CCSS2)c2ccccc21. The van der Waals surface area contributed by atoms with Crippen LogP contribution in [-0.2, 0) is 20.7 Å². The summed E-state index contributed by atoms with van der Waals surface area (Å²) in [5, 5.41) is 2.58. The Morgan fingerprint density at radius 2 is 1.82 bits per heavy atom. The highest BCUT2D eigenvalue weighted by molar-refractivity contribution is 8.77. The van der Waals surface area contributed by atoms with Gasteiger partial charge in [0.05, 0.1) is 11.4 Å². The Balaban J connectivity index is 1.49. The maximum Gasteiger partial charge on any atom is 0.333 e. The predicted molar refractivity (Wildman–Crippen MR) is 138 cm³/mol. The third-order valence-electron chi connectivity index (χ3n) is 6.25. The molecule has 2 atom stereocenters. The third-order valence-corrected chi connectivity index (χ3v) is 9.61. The average Bonchev–Trinajstić information content (AvgIpc) is 3.18. The van der Waals surface area contributed by atoms with Crippen molar-refractivity contribution in [3.05, 3.63) is 59.7 Å². The van der Waals surface area contributed by atoms with Gasteiger partial charge in [-0.2, -0.15) is 0 Å². The Bertz CT molecular complexity index is 1070. The molecule has 1 saturated heterocycles. The maximum absolute atomic E-state index is 13.4. The van der Waals surface area contributed by atoms with E-state index in [0.717, 1.165) is 30.4 Å². The van der Waals surface area contributed by atoms with Crippen LogP contribution in [0.1, 0.15) is 63.2 Å². The molecule has 3 amide bonds. The quantitative estimate of drug-likeness (QED) is 0.285. The van der Waals surface area contributed by atoms with Crippen LogP contribution in [0.4, 0.5) is 16.2 Å². The van der Waals surface area contributed by atoms with Gasteiger partial charge < -0.3 is 4.74 Å². The lowest BCUT2D eigenvalue weighted by Crippen LogP contribution is -2.40. The zero-order valence-corrected chi connectivity index (χ0v) is 21.2. The number of amides is 3. The highest BCUT2D eigenvalue weighted by atomic mass is 33.1. The first-order valence-corrected chi connectivity index (χ1v) is 14.0. The van der Waals surface area contributed by atoms with Gasteiger partial charge in [-0.1, -0.05) is 64.4 Å². The van der Waals surface area contributed by atoms with Gasteiger partial charge in [-0.15, -0.1) is 0 Å². The van der Waals surface area contributed by atoms with Crippen molar-refractivity contribution >= 4 is 50.9 Å². The topological polar surface area (TPSA) is 75.7 Å². The van der Waals surface area contributed by atoms with Crippen LogP contribution in [0.2, 0.25) is 0 Å². The monoisotopic (exact) mass is 498 g/mol. The largest absolute Gasteiger partial charge is 0.457 e. The number of urea groups is 1. The molecule has 6 nitrogen and oxygen atoms in total. The number of fused-ring (bicyclic) bond motifs is 2. The van der Waals surface area contributed by atoms with Gasteiger partial charge in [0.1, 0.15) is 6.10 Å². The summed E-state index contributed by atoms with van der Waals surface area (Å²) in [4.78, 5) is 39.3. The molecule has 2 heterocycles. The fourth-order valence-corrected chi connectivity index (χ4v) is 7.80. The predicted octanol–water partition coefficient (Wildman–Crippen LogP) is 6.33. The van der Waals surface area contributed by atoms with E-state index in [4.69, 9.17) is 4.74 Å². The minimum Gasteiger partial charge on any atom is -0.457 e. The van der Waals surface area contributed by atoms with Crippen LogP contribution in [0, 0.1) is 0 Å². The number of imide groups is 1. The number of nitrogens with zero attached hydrogens (tertiary/aromatic N) is 1. The summed E-state index contributed by atoms with van der Waals surface area (Å²) >= 11 is 0. The molecule has 0 radical (unpaired) electrons. The Morgan fingerprint density at radius 1 is 1.09 bits per heavy atom. The molecule has 180 valence electrons. The summed E-state index contributed by atoms with van der Waals surface area (Å²) in [6.45, 7) is 3.67. The number of para-hydroxylation sites is 2. The first-order chi connectivity index (χ1) is 16.4. The van der Waals surface area contributed by atoms with Crippen molar-refractivity contribution in [3.63, 3.8) is 0 Å². The van der Waals surface area contributed by atoms with Gasteiger partial charge in [0.2, 0.25) is 5.91 Å². The molecule has 0 aromatic heterocycles. The minimum absolute atomic E-state index is 0.278. The lowest BCUT2D eigenvalue weighted by molar-refractivity contribution is -0.146. The standard InChI is InChI=1S/C26H30N2O4S2/c1-18(29)32-23-17-19-9-3-5-11-21(19)28(22-12-6-4-10-20(22)23)25(31)27-24(30)13-7-8-14-26(2)15-16-33-34-26/h3-6,9-12,23H,7-8,13-17H2,1-2H3,(H,27,30,31)/t23-,26+/m0/s1. The molecule has 34 heavy (non-hydrogen) atoms. The third kappa shape index (κ3) is 5.78. The van der Waals surface area contributed by atoms with E-state index < -0.39 is 12.1 Å². The number of carbonyl (C=O) groups excluding carboxylic acids is 3. The normalized spacial score (nSPS) is 21.2. The van der Waals surface area contributed by atoms with Gasteiger partial charge in [0.25, 0.3) is 0 Å². The molecule has 0 saturated carbocycles. The summed E-state index contributed by atoms with van der Waals surface area (Å²) in [5.41, 5.74) is 2.88. The molecule has 0 spiro atoms. The molecule has 2 aromatic carbocycles.